The van der Waals surface area contributed by atoms with E-state index in [-0.39, 0.29) is 12.2 Å². The molecule has 1 N–H and O–H groups in total. The summed E-state index contributed by atoms with van der Waals surface area (Å²) in [7, 11) is -0.796. The quantitative estimate of drug-likeness (QED) is 0.701. The van der Waals surface area contributed by atoms with Gasteiger partial charge in [0, 0.05) is 11.6 Å². The number of nitrogens with one attached hydrogen (secondary N) is 1. The molecule has 0 radical (unpaired) electrons. The van der Waals surface area contributed by atoms with Gasteiger partial charge < -0.3 is 14.8 Å². The summed E-state index contributed by atoms with van der Waals surface area (Å²) in [6, 6.07) is 10.8. The Labute approximate surface area is 170 Å². The Hall–Kier alpha value is -2.45. The van der Waals surface area contributed by atoms with Crippen molar-refractivity contribution in [3.05, 3.63) is 53.1 Å². The van der Waals surface area contributed by atoms with Gasteiger partial charge in [-0.05, 0) is 42.8 Å². The number of anilines is 1. The summed E-state index contributed by atoms with van der Waals surface area (Å²) in [5, 5.41) is 3.08. The van der Waals surface area contributed by atoms with Crippen LogP contribution < -0.4 is 19.1 Å². The van der Waals surface area contributed by atoms with Crippen LogP contribution in [0.3, 0.4) is 0 Å². The van der Waals surface area contributed by atoms with Crippen molar-refractivity contribution >= 4 is 33.2 Å². The van der Waals surface area contributed by atoms with E-state index in [0.717, 1.165) is 16.1 Å². The number of halogens is 1. The molecule has 0 aliphatic rings. The van der Waals surface area contributed by atoms with Crippen LogP contribution in [0.25, 0.3) is 0 Å². The molecule has 0 aliphatic heterocycles. The van der Waals surface area contributed by atoms with Gasteiger partial charge in [-0.15, -0.1) is 0 Å². The Bertz CT molecular complexity index is 932. The van der Waals surface area contributed by atoms with E-state index < -0.39 is 22.0 Å². The molecule has 0 unspecified atom stereocenters. The fourth-order valence-corrected chi connectivity index (χ4v) is 4.03. The second-order valence-corrected chi connectivity index (χ2v) is 8.41. The molecule has 28 heavy (non-hydrogen) atoms. The molecule has 152 valence electrons. The third-order valence-electron chi connectivity index (χ3n) is 4.09. The summed E-state index contributed by atoms with van der Waals surface area (Å²) in [5.74, 6) is 0.549. The van der Waals surface area contributed by atoms with E-state index >= 15 is 0 Å². The average Bonchev–Trinajstić information content (AvgIpc) is 2.65. The molecule has 1 atom stereocenters. The maximum Gasteiger partial charge on any atom is 0.243 e. The number of rotatable bonds is 8. The molecule has 2 aromatic carbocycles. The predicted octanol–water partition coefficient (Wildman–Crippen LogP) is 2.83. The topological polar surface area (TPSA) is 84.9 Å². The summed E-state index contributed by atoms with van der Waals surface area (Å²) in [4.78, 5) is 12.7. The van der Waals surface area contributed by atoms with Gasteiger partial charge in [0.25, 0.3) is 0 Å². The second kappa shape index (κ2) is 9.16. The van der Waals surface area contributed by atoms with Crippen LogP contribution in [0.5, 0.6) is 11.5 Å². The minimum absolute atomic E-state index is 0.199. The summed E-state index contributed by atoms with van der Waals surface area (Å²) in [6.07, 6.45) is 1.03. The summed E-state index contributed by atoms with van der Waals surface area (Å²) < 4.78 is 36.2. The predicted molar refractivity (Wildman–Crippen MR) is 110 cm³/mol. The average molecular weight is 427 g/mol. The molecule has 0 spiro atoms. The number of nitrogens with zero attached hydrogens (tertiary/aromatic N) is 1. The Morgan fingerprint density at radius 1 is 1.14 bits per heavy atom. The van der Waals surface area contributed by atoms with Gasteiger partial charge in [0.15, 0.2) is 0 Å². The lowest BCUT2D eigenvalue weighted by molar-refractivity contribution is -0.122. The zero-order chi connectivity index (χ0) is 20.9. The van der Waals surface area contributed by atoms with Gasteiger partial charge in [0.05, 0.1) is 26.2 Å². The molecule has 0 aliphatic carbocycles. The normalized spacial score (nSPS) is 12.2. The SMILES string of the molecule is COc1ccc(CNC(=O)[C@@H](C)N(c2cc(Cl)ccc2OC)S(C)(=O)=O)cc1. The van der Waals surface area contributed by atoms with Crippen LogP contribution in [-0.2, 0) is 21.4 Å². The molecule has 0 bridgehead atoms. The molecule has 7 nitrogen and oxygen atoms in total. The van der Waals surface area contributed by atoms with Gasteiger partial charge in [0.1, 0.15) is 17.5 Å². The first kappa shape index (κ1) is 21.8. The van der Waals surface area contributed by atoms with E-state index in [1.54, 1.807) is 31.4 Å². The zero-order valence-corrected chi connectivity index (χ0v) is 17.7. The number of methoxy groups -OCH3 is 2. The molecular weight excluding hydrogens is 404 g/mol. The highest BCUT2D eigenvalue weighted by Crippen LogP contribution is 2.34. The van der Waals surface area contributed by atoms with Crippen LogP contribution in [0.4, 0.5) is 5.69 Å². The van der Waals surface area contributed by atoms with Crippen molar-refractivity contribution in [3.63, 3.8) is 0 Å². The first-order chi connectivity index (χ1) is 13.2. The molecule has 2 rings (SSSR count). The Kier molecular flexibility index (Phi) is 7.15. The van der Waals surface area contributed by atoms with E-state index in [0.29, 0.717) is 16.5 Å². The van der Waals surface area contributed by atoms with Crippen LogP contribution in [0.2, 0.25) is 5.02 Å². The molecule has 2 aromatic rings. The van der Waals surface area contributed by atoms with E-state index in [9.17, 15) is 13.2 Å². The van der Waals surface area contributed by atoms with Crippen molar-refractivity contribution in [2.24, 2.45) is 0 Å². The standard InChI is InChI=1S/C19H23ClN2O5S/c1-13(19(23)21-12-14-5-8-16(26-2)9-6-14)22(28(4,24)25)17-11-15(20)7-10-18(17)27-3/h5-11,13H,12H2,1-4H3,(H,21,23)/t13-/m1/s1. The molecule has 0 aromatic heterocycles. The molecule has 9 heteroatoms. The first-order valence-electron chi connectivity index (χ1n) is 8.41. The van der Waals surface area contributed by atoms with Crippen molar-refractivity contribution < 1.29 is 22.7 Å². The van der Waals surface area contributed by atoms with Crippen LogP contribution in [0.15, 0.2) is 42.5 Å². The van der Waals surface area contributed by atoms with Gasteiger partial charge in [-0.3, -0.25) is 9.10 Å². The number of amides is 1. The van der Waals surface area contributed by atoms with E-state index in [2.05, 4.69) is 5.32 Å². The Morgan fingerprint density at radius 3 is 2.32 bits per heavy atom. The Morgan fingerprint density at radius 2 is 1.79 bits per heavy atom. The second-order valence-electron chi connectivity index (χ2n) is 6.12. The van der Waals surface area contributed by atoms with Crippen molar-refractivity contribution in [3.8, 4) is 11.5 Å². The molecular formula is C19H23ClN2O5S. The number of carbonyl (C=O) groups excluding carboxylic acids is 1. The molecule has 0 fully saturated rings. The van der Waals surface area contributed by atoms with E-state index in [4.69, 9.17) is 21.1 Å². The van der Waals surface area contributed by atoms with Crippen LogP contribution >= 0.6 is 11.6 Å². The van der Waals surface area contributed by atoms with E-state index in [1.165, 1.54) is 20.1 Å². The molecule has 0 saturated carbocycles. The maximum absolute atomic E-state index is 12.7. The smallest absolute Gasteiger partial charge is 0.243 e. The van der Waals surface area contributed by atoms with Crippen molar-refractivity contribution in [2.45, 2.75) is 19.5 Å². The van der Waals surface area contributed by atoms with Gasteiger partial charge >= 0.3 is 0 Å². The molecule has 0 saturated heterocycles. The van der Waals surface area contributed by atoms with Crippen molar-refractivity contribution in [1.29, 1.82) is 0 Å². The number of carbonyl (C=O) groups is 1. The Balaban J connectivity index is 2.24. The highest BCUT2D eigenvalue weighted by molar-refractivity contribution is 7.92. The number of ether oxygens (including phenoxy) is 2. The molecule has 1 amide bonds. The number of benzene rings is 2. The van der Waals surface area contributed by atoms with Gasteiger partial charge in [-0.2, -0.15) is 0 Å². The van der Waals surface area contributed by atoms with Crippen LogP contribution in [-0.4, -0.2) is 40.8 Å². The third-order valence-corrected chi connectivity index (χ3v) is 5.56. The highest BCUT2D eigenvalue weighted by Gasteiger charge is 2.31. The highest BCUT2D eigenvalue weighted by atomic mass is 35.5. The summed E-state index contributed by atoms with van der Waals surface area (Å²) in [5.41, 5.74) is 1.05. The number of hydrogen-bond donors (Lipinski definition) is 1. The van der Waals surface area contributed by atoms with Crippen LogP contribution in [0.1, 0.15) is 12.5 Å². The lowest BCUT2D eigenvalue weighted by atomic mass is 10.2. The third kappa shape index (κ3) is 5.30. The first-order valence-corrected chi connectivity index (χ1v) is 10.6. The summed E-state index contributed by atoms with van der Waals surface area (Å²) in [6.45, 7) is 1.75. The monoisotopic (exact) mass is 426 g/mol. The van der Waals surface area contributed by atoms with Crippen molar-refractivity contribution in [1.82, 2.24) is 5.32 Å². The van der Waals surface area contributed by atoms with Gasteiger partial charge in [-0.25, -0.2) is 8.42 Å². The summed E-state index contributed by atoms with van der Waals surface area (Å²) >= 11 is 6.03. The zero-order valence-electron chi connectivity index (χ0n) is 16.1. The molecule has 0 heterocycles. The fraction of sp³-hybridized carbons (Fsp3) is 0.316. The minimum Gasteiger partial charge on any atom is -0.497 e. The van der Waals surface area contributed by atoms with E-state index in [1.807, 2.05) is 12.1 Å². The maximum atomic E-state index is 12.7. The van der Waals surface area contributed by atoms with Crippen molar-refractivity contribution in [2.75, 3.05) is 24.8 Å². The lowest BCUT2D eigenvalue weighted by Crippen LogP contribution is -2.47. The van der Waals surface area contributed by atoms with Gasteiger partial charge in [0.2, 0.25) is 15.9 Å². The lowest BCUT2D eigenvalue weighted by Gasteiger charge is -2.29. The number of hydrogen-bond acceptors (Lipinski definition) is 5. The fourth-order valence-electron chi connectivity index (χ4n) is 2.70. The largest absolute Gasteiger partial charge is 0.497 e. The van der Waals surface area contributed by atoms with Gasteiger partial charge in [-0.1, -0.05) is 23.7 Å². The number of sulfonamides is 1. The van der Waals surface area contributed by atoms with Crippen LogP contribution in [0, 0.1) is 0 Å². The minimum atomic E-state index is -3.79.